The lowest BCUT2D eigenvalue weighted by molar-refractivity contribution is -0.132. The van der Waals surface area contributed by atoms with Crippen LogP contribution < -0.4 is 5.73 Å². The summed E-state index contributed by atoms with van der Waals surface area (Å²) in [6.45, 7) is 12.2. The maximum atomic E-state index is 12.0. The summed E-state index contributed by atoms with van der Waals surface area (Å²) in [6, 6.07) is 0. The van der Waals surface area contributed by atoms with Crippen molar-refractivity contribution in [2.45, 2.75) is 20.3 Å². The second kappa shape index (κ2) is 8.45. The first-order valence-corrected chi connectivity index (χ1v) is 7.13. The largest absolute Gasteiger partial charge is 0.342 e. The predicted molar refractivity (Wildman–Crippen MR) is 74.5 cm³/mol. The molecule has 1 heterocycles. The smallest absolute Gasteiger partial charge is 0.236 e. The molecule has 1 aliphatic rings. The van der Waals surface area contributed by atoms with Gasteiger partial charge < -0.3 is 15.5 Å². The predicted octanol–water partition coefficient (Wildman–Crippen LogP) is -0.179. The van der Waals surface area contributed by atoms with E-state index in [9.17, 15) is 4.79 Å². The zero-order valence-corrected chi connectivity index (χ0v) is 11.9. The maximum absolute atomic E-state index is 12.0. The summed E-state index contributed by atoms with van der Waals surface area (Å²) in [5, 5.41) is 0. The number of nitrogens with zero attached hydrogens (tertiary/aromatic N) is 3. The third-order valence-electron chi connectivity index (χ3n) is 3.62. The minimum Gasteiger partial charge on any atom is -0.342 e. The average molecular weight is 256 g/mol. The molecule has 5 nitrogen and oxygen atoms in total. The number of amides is 1. The zero-order chi connectivity index (χ0) is 13.4. The molecular formula is C13H28N4O. The zero-order valence-electron chi connectivity index (χ0n) is 11.9. The van der Waals surface area contributed by atoms with E-state index in [0.717, 1.165) is 58.8 Å². The Balaban J connectivity index is 2.24. The molecule has 1 saturated heterocycles. The molecule has 2 N–H and O–H groups in total. The van der Waals surface area contributed by atoms with Crippen LogP contribution in [0.15, 0.2) is 0 Å². The summed E-state index contributed by atoms with van der Waals surface area (Å²) in [7, 11) is 0. The summed E-state index contributed by atoms with van der Waals surface area (Å²) in [5.74, 6) is 0.260. The Morgan fingerprint density at radius 2 is 1.67 bits per heavy atom. The van der Waals surface area contributed by atoms with Gasteiger partial charge in [-0.3, -0.25) is 9.69 Å². The molecule has 0 saturated carbocycles. The Kier molecular flexibility index (Phi) is 7.23. The Labute approximate surface area is 111 Å². The Bertz CT molecular complexity index is 235. The Hall–Kier alpha value is -0.650. The number of nitrogens with two attached hydrogens (primary N) is 1. The molecule has 1 fully saturated rings. The first kappa shape index (κ1) is 15.4. The van der Waals surface area contributed by atoms with Crippen molar-refractivity contribution in [1.82, 2.24) is 14.7 Å². The average Bonchev–Trinajstić information content (AvgIpc) is 2.39. The molecule has 18 heavy (non-hydrogen) atoms. The van der Waals surface area contributed by atoms with E-state index < -0.39 is 0 Å². The van der Waals surface area contributed by atoms with Gasteiger partial charge in [-0.05, 0) is 33.4 Å². The maximum Gasteiger partial charge on any atom is 0.236 e. The van der Waals surface area contributed by atoms with Crippen LogP contribution in [-0.4, -0.2) is 79.5 Å². The molecule has 0 aromatic carbocycles. The van der Waals surface area contributed by atoms with Gasteiger partial charge in [-0.1, -0.05) is 0 Å². The van der Waals surface area contributed by atoms with Crippen molar-refractivity contribution in [3.8, 4) is 0 Å². The van der Waals surface area contributed by atoms with E-state index in [1.807, 2.05) is 18.7 Å². The van der Waals surface area contributed by atoms with Gasteiger partial charge in [-0.2, -0.15) is 0 Å². The van der Waals surface area contributed by atoms with Crippen molar-refractivity contribution in [2.75, 3.05) is 58.9 Å². The summed E-state index contributed by atoms with van der Waals surface area (Å²) < 4.78 is 0. The lowest BCUT2D eigenvalue weighted by atomic mass is 10.3. The minimum absolute atomic E-state index is 0.260. The lowest BCUT2D eigenvalue weighted by Gasteiger charge is -2.35. The van der Waals surface area contributed by atoms with Crippen LogP contribution in [0.4, 0.5) is 0 Å². The number of rotatable bonds is 7. The number of carbonyl (C=O) groups is 1. The summed E-state index contributed by atoms with van der Waals surface area (Å²) in [6.07, 6.45) is 1.07. The third kappa shape index (κ3) is 4.92. The highest BCUT2D eigenvalue weighted by atomic mass is 16.2. The van der Waals surface area contributed by atoms with Gasteiger partial charge in [-0.25, -0.2) is 0 Å². The second-order valence-corrected chi connectivity index (χ2v) is 4.83. The molecular weight excluding hydrogens is 228 g/mol. The van der Waals surface area contributed by atoms with Crippen LogP contribution in [0.2, 0.25) is 0 Å². The van der Waals surface area contributed by atoms with Crippen molar-refractivity contribution < 1.29 is 4.79 Å². The molecule has 0 bridgehead atoms. The number of hydrogen-bond acceptors (Lipinski definition) is 4. The normalized spacial score (nSPS) is 17.9. The molecule has 1 aliphatic heterocycles. The van der Waals surface area contributed by atoms with Crippen LogP contribution in [0.5, 0.6) is 0 Å². The first-order chi connectivity index (χ1) is 8.71. The van der Waals surface area contributed by atoms with Crippen LogP contribution in [0, 0.1) is 0 Å². The molecule has 0 unspecified atom stereocenters. The number of piperazine rings is 1. The van der Waals surface area contributed by atoms with Crippen molar-refractivity contribution in [1.29, 1.82) is 0 Å². The van der Waals surface area contributed by atoms with Crippen LogP contribution in [0.3, 0.4) is 0 Å². The Morgan fingerprint density at radius 1 is 1.11 bits per heavy atom. The molecule has 0 aliphatic carbocycles. The fourth-order valence-electron chi connectivity index (χ4n) is 2.35. The van der Waals surface area contributed by atoms with Gasteiger partial charge >= 0.3 is 0 Å². The van der Waals surface area contributed by atoms with Gasteiger partial charge in [0, 0.05) is 39.3 Å². The monoisotopic (exact) mass is 256 g/mol. The van der Waals surface area contributed by atoms with E-state index in [0.29, 0.717) is 6.54 Å². The van der Waals surface area contributed by atoms with Crippen LogP contribution in [-0.2, 0) is 4.79 Å². The molecule has 0 atom stereocenters. The van der Waals surface area contributed by atoms with E-state index in [1.54, 1.807) is 0 Å². The van der Waals surface area contributed by atoms with Crippen LogP contribution in [0.25, 0.3) is 0 Å². The van der Waals surface area contributed by atoms with E-state index in [1.165, 1.54) is 0 Å². The van der Waals surface area contributed by atoms with Gasteiger partial charge in [0.15, 0.2) is 0 Å². The topological polar surface area (TPSA) is 52.8 Å². The quantitative estimate of drug-likeness (QED) is 0.687. The van der Waals surface area contributed by atoms with E-state index in [4.69, 9.17) is 5.73 Å². The van der Waals surface area contributed by atoms with Gasteiger partial charge in [-0.15, -0.1) is 0 Å². The molecule has 1 amide bonds. The van der Waals surface area contributed by atoms with Crippen LogP contribution >= 0.6 is 0 Å². The molecule has 0 radical (unpaired) electrons. The summed E-state index contributed by atoms with van der Waals surface area (Å²) >= 11 is 0. The molecule has 0 aromatic heterocycles. The summed E-state index contributed by atoms with van der Waals surface area (Å²) in [5.41, 5.74) is 5.52. The molecule has 5 heteroatoms. The van der Waals surface area contributed by atoms with Crippen LogP contribution in [0.1, 0.15) is 20.3 Å². The molecule has 106 valence electrons. The molecule has 1 rings (SSSR count). The highest BCUT2D eigenvalue weighted by molar-refractivity contribution is 5.78. The number of likely N-dealkylation sites (N-methyl/N-ethyl adjacent to an activating group) is 1. The molecule has 0 aromatic rings. The van der Waals surface area contributed by atoms with Gasteiger partial charge in [0.05, 0.1) is 6.54 Å². The summed E-state index contributed by atoms with van der Waals surface area (Å²) in [4.78, 5) is 18.6. The lowest BCUT2D eigenvalue weighted by Crippen LogP contribution is -2.50. The second-order valence-electron chi connectivity index (χ2n) is 4.83. The van der Waals surface area contributed by atoms with Crippen molar-refractivity contribution in [2.24, 2.45) is 5.73 Å². The first-order valence-electron chi connectivity index (χ1n) is 7.13. The van der Waals surface area contributed by atoms with E-state index in [-0.39, 0.29) is 5.91 Å². The van der Waals surface area contributed by atoms with E-state index in [2.05, 4.69) is 9.80 Å². The number of hydrogen-bond donors (Lipinski definition) is 1. The fraction of sp³-hybridized carbons (Fsp3) is 0.923. The van der Waals surface area contributed by atoms with Gasteiger partial charge in [0.2, 0.25) is 5.91 Å². The molecule has 0 spiro atoms. The standard InChI is InChI=1S/C13H28N4O/c1-3-17(4-2)13(18)12-16-10-8-15(9-11-16)7-5-6-14/h3-12,14H2,1-2H3. The number of carbonyl (C=O) groups excluding carboxylic acids is 1. The SMILES string of the molecule is CCN(CC)C(=O)CN1CCN(CCCN)CC1. The van der Waals surface area contributed by atoms with Gasteiger partial charge in [0.25, 0.3) is 0 Å². The van der Waals surface area contributed by atoms with Crippen molar-refractivity contribution in [3.05, 3.63) is 0 Å². The third-order valence-corrected chi connectivity index (χ3v) is 3.62. The van der Waals surface area contributed by atoms with Crippen molar-refractivity contribution >= 4 is 5.91 Å². The van der Waals surface area contributed by atoms with Crippen molar-refractivity contribution in [3.63, 3.8) is 0 Å². The highest BCUT2D eigenvalue weighted by Crippen LogP contribution is 2.03. The van der Waals surface area contributed by atoms with Gasteiger partial charge in [0.1, 0.15) is 0 Å². The highest BCUT2D eigenvalue weighted by Gasteiger charge is 2.20. The minimum atomic E-state index is 0.260. The fourth-order valence-corrected chi connectivity index (χ4v) is 2.35. The Morgan fingerprint density at radius 3 is 2.17 bits per heavy atom. The van der Waals surface area contributed by atoms with E-state index >= 15 is 0 Å².